The molecule has 0 bridgehead atoms. The van der Waals surface area contributed by atoms with Crippen LogP contribution < -0.4 is 10.9 Å². The highest BCUT2D eigenvalue weighted by Crippen LogP contribution is 2.36. The lowest BCUT2D eigenvalue weighted by Crippen LogP contribution is -2.42. The first-order chi connectivity index (χ1) is 15.3. The van der Waals surface area contributed by atoms with E-state index < -0.39 is 33.6 Å². The first-order valence-electron chi connectivity index (χ1n) is 11.3. The largest absolute Gasteiger partial charge is 0.351 e. The van der Waals surface area contributed by atoms with Crippen molar-refractivity contribution in [2.24, 2.45) is 5.92 Å². The van der Waals surface area contributed by atoms with Crippen LogP contribution in [0.1, 0.15) is 59.8 Å². The van der Waals surface area contributed by atoms with Crippen molar-refractivity contribution in [2.45, 2.75) is 57.5 Å². The van der Waals surface area contributed by atoms with E-state index in [0.717, 1.165) is 25.2 Å². The minimum atomic E-state index is -4.05. The summed E-state index contributed by atoms with van der Waals surface area (Å²) in [5.74, 6) is 0.143. The summed E-state index contributed by atoms with van der Waals surface area (Å²) in [6, 6.07) is -0.576. The molecule has 0 radical (unpaired) electrons. The molecule has 1 saturated carbocycles. The Morgan fingerprint density at radius 2 is 2.00 bits per heavy atom. The summed E-state index contributed by atoms with van der Waals surface area (Å²) in [6.45, 7) is 2.31. The molecule has 8 nitrogen and oxygen atoms in total. The lowest BCUT2D eigenvalue weighted by atomic mass is 10.1. The number of anilines is 1. The number of nitrogens with zero attached hydrogens (tertiary/aromatic N) is 4. The summed E-state index contributed by atoms with van der Waals surface area (Å²) in [7, 11) is -3.34. The molecule has 2 aromatic rings. The van der Waals surface area contributed by atoms with Gasteiger partial charge in [-0.2, -0.15) is 4.98 Å². The Morgan fingerprint density at radius 3 is 2.58 bits per heavy atom. The molecule has 2 aromatic heterocycles. The predicted molar refractivity (Wildman–Crippen MR) is 114 cm³/mol. The number of nitrogens with one attached hydrogen (secondary N) is 1. The molecule has 31 heavy (non-hydrogen) atoms. The normalized spacial score (nSPS) is 25.9. The van der Waals surface area contributed by atoms with Crippen molar-refractivity contribution >= 4 is 27.0 Å². The van der Waals surface area contributed by atoms with Gasteiger partial charge in [0.25, 0.3) is 12.0 Å². The van der Waals surface area contributed by atoms with Gasteiger partial charge in [-0.25, -0.2) is 26.5 Å². The Hall–Kier alpha value is -2.14. The van der Waals surface area contributed by atoms with Crippen LogP contribution >= 0.6 is 0 Å². The quantitative estimate of drug-likeness (QED) is 0.742. The van der Waals surface area contributed by atoms with E-state index in [9.17, 15) is 22.0 Å². The molecule has 2 aliphatic rings. The number of fused-ring (bicyclic) bond motifs is 1. The fourth-order valence-electron chi connectivity index (χ4n) is 4.50. The second-order valence-electron chi connectivity index (χ2n) is 8.33. The molecular formula is C20H27F2N5O3S. The van der Waals surface area contributed by atoms with Crippen molar-refractivity contribution in [3.8, 4) is 0 Å². The van der Waals surface area contributed by atoms with E-state index in [1.54, 1.807) is 0 Å². The Balaban J connectivity index is 1.73. The maximum absolute atomic E-state index is 13.9. The molecule has 0 aromatic carbocycles. The zero-order chi connectivity index (χ0) is 24.2. The smallest absolute Gasteiger partial charge is 0.269 e. The summed E-state index contributed by atoms with van der Waals surface area (Å²) in [5, 5.41) is 3.15. The third-order valence-corrected chi connectivity index (χ3v) is 7.51. The lowest BCUT2D eigenvalue weighted by molar-refractivity contribution is 0.148. The van der Waals surface area contributed by atoms with E-state index in [1.165, 1.54) is 15.1 Å². The van der Waals surface area contributed by atoms with E-state index in [-0.39, 0.29) is 54.9 Å². The molecule has 11 heteroatoms. The van der Waals surface area contributed by atoms with E-state index in [1.807, 2.05) is 6.92 Å². The first-order valence-corrected chi connectivity index (χ1v) is 12.2. The van der Waals surface area contributed by atoms with Gasteiger partial charge in [-0.1, -0.05) is 13.3 Å². The van der Waals surface area contributed by atoms with Crippen molar-refractivity contribution in [3.05, 3.63) is 28.2 Å². The van der Waals surface area contributed by atoms with Crippen molar-refractivity contribution in [2.75, 3.05) is 24.7 Å². The zero-order valence-electron chi connectivity index (χ0n) is 19.4. The van der Waals surface area contributed by atoms with Crippen molar-refractivity contribution in [1.29, 1.82) is 0 Å². The van der Waals surface area contributed by atoms with Crippen LogP contribution in [0.3, 0.4) is 0 Å². The number of sulfonamides is 1. The second-order valence-corrected chi connectivity index (χ2v) is 10.3. The first kappa shape index (κ1) is 19.5. The molecule has 3 heterocycles. The molecule has 1 N–H and O–H groups in total. The number of alkyl halides is 2. The van der Waals surface area contributed by atoms with Crippen molar-refractivity contribution in [3.63, 3.8) is 0 Å². The number of piperidine rings is 1. The van der Waals surface area contributed by atoms with Crippen LogP contribution in [-0.2, 0) is 10.0 Å². The van der Waals surface area contributed by atoms with Gasteiger partial charge in [0.2, 0.25) is 16.0 Å². The highest BCUT2D eigenvalue weighted by Gasteiger charge is 2.30. The molecule has 1 saturated heterocycles. The molecule has 170 valence electrons. The molecule has 1 aliphatic carbocycles. The number of hydrogen-bond acceptors (Lipinski definition) is 6. The van der Waals surface area contributed by atoms with Gasteiger partial charge in [0, 0.05) is 36.7 Å². The molecular weight excluding hydrogens is 428 g/mol. The maximum atomic E-state index is 13.9. The van der Waals surface area contributed by atoms with Gasteiger partial charge < -0.3 is 5.32 Å². The van der Waals surface area contributed by atoms with Crippen LogP contribution in [-0.4, -0.2) is 52.6 Å². The third-order valence-electron chi connectivity index (χ3n) is 6.21. The Labute approximate surface area is 182 Å². The van der Waals surface area contributed by atoms with Gasteiger partial charge in [-0.3, -0.25) is 9.36 Å². The molecule has 1 aliphatic heterocycles. The van der Waals surface area contributed by atoms with Crippen LogP contribution in [0.5, 0.6) is 0 Å². The average Bonchev–Trinajstić information content (AvgIpc) is 3.11. The maximum Gasteiger partial charge on any atom is 0.269 e. The van der Waals surface area contributed by atoms with Gasteiger partial charge in [0.15, 0.2) is 0 Å². The fraction of sp³-hybridized carbons (Fsp3) is 0.650. The van der Waals surface area contributed by atoms with E-state index in [0.29, 0.717) is 6.42 Å². The summed E-state index contributed by atoms with van der Waals surface area (Å²) >= 11 is 0. The van der Waals surface area contributed by atoms with Crippen LogP contribution in [0.2, 0.25) is 0 Å². The minimum Gasteiger partial charge on any atom is -0.351 e. The third kappa shape index (κ3) is 4.43. The highest BCUT2D eigenvalue weighted by molar-refractivity contribution is 7.88. The number of halogens is 2. The van der Waals surface area contributed by atoms with Gasteiger partial charge in [0.1, 0.15) is 7.02 Å². The van der Waals surface area contributed by atoms with Gasteiger partial charge in [-0.05, 0) is 37.7 Å². The van der Waals surface area contributed by atoms with E-state index in [2.05, 4.69) is 15.3 Å². The number of aromatic nitrogens is 3. The lowest BCUT2D eigenvalue weighted by Gasteiger charge is -2.30. The molecule has 2 fully saturated rings. The monoisotopic (exact) mass is 457 g/mol. The fourth-order valence-corrected chi connectivity index (χ4v) is 5.35. The Bertz CT molecular complexity index is 1230. The molecule has 0 unspecified atom stereocenters. The predicted octanol–water partition coefficient (Wildman–Crippen LogP) is 2.93. The van der Waals surface area contributed by atoms with Crippen molar-refractivity contribution in [1.82, 2.24) is 18.8 Å². The van der Waals surface area contributed by atoms with Crippen LogP contribution in [0.25, 0.3) is 11.0 Å². The second kappa shape index (κ2) is 8.42. The topological polar surface area (TPSA) is 97.2 Å². The van der Waals surface area contributed by atoms with Crippen LogP contribution in [0.4, 0.5) is 14.7 Å². The molecule has 0 amide bonds. The Morgan fingerprint density at radius 1 is 1.29 bits per heavy atom. The standard InChI is InChI=1S/C20H27F2N5O3S/c1-12-4-3-5-16(12)27-18-13(10-15(17(21)22)19(27)28)11-23-20(25-18)24-14-6-8-26(9-7-14)31(2,29)30/h10-12,14,16-17H,3-9H2,1-2H3,(H,23,24,25)/t12-,16+/m0/s1/i14D,17D. The van der Waals surface area contributed by atoms with Gasteiger partial charge in [0.05, 0.1) is 13.2 Å². The molecule has 2 atom stereocenters. The highest BCUT2D eigenvalue weighted by atomic mass is 32.2. The Kier molecular flexibility index (Phi) is 5.31. The molecule has 0 spiro atoms. The summed E-state index contributed by atoms with van der Waals surface area (Å²) in [4.78, 5) is 21.6. The number of rotatable bonds is 5. The molecule has 4 rings (SSSR count). The van der Waals surface area contributed by atoms with Gasteiger partial charge >= 0.3 is 0 Å². The minimum absolute atomic E-state index is 0.0643. The summed E-state index contributed by atoms with van der Waals surface area (Å²) < 4.78 is 69.6. The van der Waals surface area contributed by atoms with Crippen LogP contribution in [0, 0.1) is 5.92 Å². The SMILES string of the molecule is [2H]C1(Nc2ncc3cc(C([2H])(F)F)c(=O)n([C@@H]4CCC[C@@H]4C)c3n2)CCN(S(C)(=O)=O)CC1. The number of pyridine rings is 1. The van der Waals surface area contributed by atoms with Crippen molar-refractivity contribution < 1.29 is 19.9 Å². The summed E-state index contributed by atoms with van der Waals surface area (Å²) in [6.07, 6.45) is 1.14. The van der Waals surface area contributed by atoms with E-state index in [4.69, 9.17) is 2.74 Å². The van der Waals surface area contributed by atoms with Crippen LogP contribution in [0.15, 0.2) is 17.1 Å². The summed E-state index contributed by atoms with van der Waals surface area (Å²) in [5.41, 5.74) is -1.67. The average molecular weight is 458 g/mol. The zero-order valence-corrected chi connectivity index (χ0v) is 18.3. The number of hydrogen-bond donors (Lipinski definition) is 1. The van der Waals surface area contributed by atoms with Gasteiger partial charge in [-0.15, -0.1) is 0 Å². The van der Waals surface area contributed by atoms with E-state index >= 15 is 0 Å².